The molecule has 4 rings (SSSR count). The van der Waals surface area contributed by atoms with Crippen LogP contribution in [0.5, 0.6) is 0 Å². The number of carbonyl (C=O) groups excluding carboxylic acids is 3. The average Bonchev–Trinajstić information content (AvgIpc) is 3.23. The first-order valence-corrected chi connectivity index (χ1v) is 11.5. The van der Waals surface area contributed by atoms with E-state index >= 15 is 0 Å². The van der Waals surface area contributed by atoms with Crippen LogP contribution in [0.1, 0.15) is 42.8 Å². The molecule has 0 spiro atoms. The maximum atomic E-state index is 13.3. The minimum absolute atomic E-state index is 0.0200. The molecule has 0 aromatic carbocycles. The fraction of sp³-hybridized carbons (Fsp3) is 0.667. The van der Waals surface area contributed by atoms with Crippen molar-refractivity contribution in [3.63, 3.8) is 0 Å². The van der Waals surface area contributed by atoms with Crippen LogP contribution in [0.15, 0.2) is 17.5 Å². The van der Waals surface area contributed by atoms with Gasteiger partial charge in [0.05, 0.1) is 10.9 Å². The van der Waals surface area contributed by atoms with Crippen LogP contribution in [0, 0.1) is 5.92 Å². The van der Waals surface area contributed by atoms with E-state index < -0.39 is 6.04 Å². The van der Waals surface area contributed by atoms with Gasteiger partial charge in [0.25, 0.3) is 5.91 Å². The molecule has 3 fully saturated rings. The Morgan fingerprint density at radius 1 is 1.17 bits per heavy atom. The van der Waals surface area contributed by atoms with E-state index in [9.17, 15) is 14.4 Å². The second kappa shape index (κ2) is 8.44. The Morgan fingerprint density at radius 2 is 1.90 bits per heavy atom. The van der Waals surface area contributed by atoms with Gasteiger partial charge in [-0.15, -0.1) is 11.3 Å². The lowest BCUT2D eigenvalue weighted by molar-refractivity contribution is -0.138. The summed E-state index contributed by atoms with van der Waals surface area (Å²) in [7, 11) is 0. The SMILES string of the molecule is CC(C)C(=O)N(C1CC1)C1CC(C(=O)N2CCNCC2)N(C(=O)c2cccs2)C1. The predicted molar refractivity (Wildman–Crippen MR) is 112 cm³/mol. The molecular formula is C21H30N4O3S. The van der Waals surface area contributed by atoms with Gasteiger partial charge in [0, 0.05) is 44.7 Å². The highest BCUT2D eigenvalue weighted by Gasteiger charge is 2.48. The normalized spacial score (nSPS) is 24.8. The van der Waals surface area contributed by atoms with Gasteiger partial charge in [-0.25, -0.2) is 0 Å². The molecule has 1 aromatic rings. The summed E-state index contributed by atoms with van der Waals surface area (Å²) in [6, 6.07) is 3.36. The first-order chi connectivity index (χ1) is 14.0. The lowest BCUT2D eigenvalue weighted by atomic mass is 10.1. The van der Waals surface area contributed by atoms with Crippen molar-refractivity contribution in [1.82, 2.24) is 20.0 Å². The van der Waals surface area contributed by atoms with Crippen LogP contribution in [0.25, 0.3) is 0 Å². The Morgan fingerprint density at radius 3 is 2.48 bits per heavy atom. The van der Waals surface area contributed by atoms with Crippen molar-refractivity contribution in [3.05, 3.63) is 22.4 Å². The standard InChI is InChI=1S/C21H30N4O3S/c1-14(2)19(26)25(15-5-6-15)16-12-17(20(27)23-9-7-22-8-10-23)24(13-16)21(28)18-4-3-11-29-18/h3-4,11,14-17,22H,5-10,12-13H2,1-2H3. The summed E-state index contributed by atoms with van der Waals surface area (Å²) in [6.45, 7) is 7.17. The van der Waals surface area contributed by atoms with Gasteiger partial charge in [-0.05, 0) is 30.7 Å². The lowest BCUT2D eigenvalue weighted by Crippen LogP contribution is -2.53. The second-order valence-corrected chi connectivity index (χ2v) is 9.49. The number of thiophene rings is 1. The Hall–Kier alpha value is -1.93. The molecule has 2 atom stereocenters. The van der Waals surface area contributed by atoms with Crippen molar-refractivity contribution in [2.45, 2.75) is 51.2 Å². The molecule has 7 nitrogen and oxygen atoms in total. The van der Waals surface area contributed by atoms with Crippen molar-refractivity contribution < 1.29 is 14.4 Å². The quantitative estimate of drug-likeness (QED) is 0.785. The summed E-state index contributed by atoms with van der Waals surface area (Å²) in [5.74, 6) is -0.0216. The average molecular weight is 419 g/mol. The summed E-state index contributed by atoms with van der Waals surface area (Å²) in [5, 5.41) is 5.15. The van der Waals surface area contributed by atoms with Crippen LogP contribution in [0.3, 0.4) is 0 Å². The van der Waals surface area contributed by atoms with E-state index in [0.29, 0.717) is 30.9 Å². The lowest BCUT2D eigenvalue weighted by Gasteiger charge is -2.32. The Bertz CT molecular complexity index is 756. The number of likely N-dealkylation sites (tertiary alicyclic amines) is 1. The zero-order valence-corrected chi connectivity index (χ0v) is 18.0. The first-order valence-electron chi connectivity index (χ1n) is 10.6. The van der Waals surface area contributed by atoms with Crippen molar-refractivity contribution in [1.29, 1.82) is 0 Å². The van der Waals surface area contributed by atoms with Crippen LogP contribution in [-0.2, 0) is 9.59 Å². The number of hydrogen-bond donors (Lipinski definition) is 1. The van der Waals surface area contributed by atoms with Crippen LogP contribution in [0.4, 0.5) is 0 Å². The third-order valence-corrected chi connectivity index (χ3v) is 6.93. The van der Waals surface area contributed by atoms with E-state index in [4.69, 9.17) is 0 Å². The number of rotatable bonds is 5. The van der Waals surface area contributed by atoms with Crippen molar-refractivity contribution in [2.75, 3.05) is 32.7 Å². The van der Waals surface area contributed by atoms with Crippen LogP contribution in [0.2, 0.25) is 0 Å². The summed E-state index contributed by atoms with van der Waals surface area (Å²) in [6.07, 6.45) is 2.57. The molecule has 0 radical (unpaired) electrons. The topological polar surface area (TPSA) is 73.0 Å². The maximum Gasteiger partial charge on any atom is 0.264 e. The highest BCUT2D eigenvalue weighted by atomic mass is 32.1. The Labute approximate surface area is 176 Å². The molecule has 2 unspecified atom stereocenters. The van der Waals surface area contributed by atoms with Crippen molar-refractivity contribution in [3.8, 4) is 0 Å². The van der Waals surface area contributed by atoms with Gasteiger partial charge >= 0.3 is 0 Å². The highest BCUT2D eigenvalue weighted by molar-refractivity contribution is 7.12. The van der Waals surface area contributed by atoms with Crippen LogP contribution < -0.4 is 5.32 Å². The fourth-order valence-electron chi connectivity index (χ4n) is 4.42. The van der Waals surface area contributed by atoms with Crippen molar-refractivity contribution in [2.24, 2.45) is 5.92 Å². The van der Waals surface area contributed by atoms with E-state index in [2.05, 4.69) is 5.32 Å². The summed E-state index contributed by atoms with van der Waals surface area (Å²) >= 11 is 1.40. The number of amides is 3. The van der Waals surface area contributed by atoms with Crippen LogP contribution >= 0.6 is 11.3 Å². The predicted octanol–water partition coefficient (Wildman–Crippen LogP) is 1.41. The molecule has 29 heavy (non-hydrogen) atoms. The van der Waals surface area contributed by atoms with Crippen LogP contribution in [-0.4, -0.2) is 83.3 Å². The fourth-order valence-corrected chi connectivity index (χ4v) is 5.10. The van der Waals surface area contributed by atoms with Crippen molar-refractivity contribution >= 4 is 29.1 Å². The number of nitrogens with one attached hydrogen (secondary N) is 1. The molecule has 3 heterocycles. The summed E-state index contributed by atoms with van der Waals surface area (Å²) in [4.78, 5) is 45.7. The zero-order valence-electron chi connectivity index (χ0n) is 17.2. The van der Waals surface area contributed by atoms with Gasteiger partial charge in [0.1, 0.15) is 6.04 Å². The Kier molecular flexibility index (Phi) is 5.92. The third-order valence-electron chi connectivity index (χ3n) is 6.07. The molecule has 3 amide bonds. The van der Waals surface area contributed by atoms with E-state index in [0.717, 1.165) is 25.9 Å². The molecule has 2 aliphatic heterocycles. The highest BCUT2D eigenvalue weighted by Crippen LogP contribution is 2.35. The molecule has 2 saturated heterocycles. The van der Waals surface area contributed by atoms with E-state index in [1.807, 2.05) is 41.2 Å². The molecule has 3 aliphatic rings. The number of nitrogens with zero attached hydrogens (tertiary/aromatic N) is 3. The second-order valence-electron chi connectivity index (χ2n) is 8.55. The monoisotopic (exact) mass is 418 g/mol. The maximum absolute atomic E-state index is 13.3. The molecule has 8 heteroatoms. The van der Waals surface area contributed by atoms with E-state index in [-0.39, 0.29) is 35.7 Å². The summed E-state index contributed by atoms with van der Waals surface area (Å²) in [5.41, 5.74) is 0. The van der Waals surface area contributed by atoms with Gasteiger partial charge < -0.3 is 20.0 Å². The largest absolute Gasteiger partial charge is 0.338 e. The van der Waals surface area contributed by atoms with Gasteiger partial charge in [-0.1, -0.05) is 19.9 Å². The van der Waals surface area contributed by atoms with Gasteiger partial charge in [0.15, 0.2) is 0 Å². The minimum atomic E-state index is -0.492. The molecule has 0 bridgehead atoms. The smallest absolute Gasteiger partial charge is 0.264 e. The minimum Gasteiger partial charge on any atom is -0.338 e. The number of carbonyl (C=O) groups is 3. The first kappa shape index (κ1) is 20.3. The van der Waals surface area contributed by atoms with E-state index in [1.54, 1.807) is 4.90 Å². The Balaban J connectivity index is 1.59. The number of hydrogen-bond acceptors (Lipinski definition) is 5. The molecule has 158 valence electrons. The molecular weight excluding hydrogens is 388 g/mol. The summed E-state index contributed by atoms with van der Waals surface area (Å²) < 4.78 is 0. The number of piperazine rings is 1. The third kappa shape index (κ3) is 4.19. The molecule has 1 saturated carbocycles. The van der Waals surface area contributed by atoms with Gasteiger partial charge in [-0.3, -0.25) is 14.4 Å². The van der Waals surface area contributed by atoms with Gasteiger partial charge in [0.2, 0.25) is 11.8 Å². The molecule has 1 aromatic heterocycles. The van der Waals surface area contributed by atoms with E-state index in [1.165, 1.54) is 11.3 Å². The molecule has 1 aliphatic carbocycles. The zero-order chi connectivity index (χ0) is 20.5. The van der Waals surface area contributed by atoms with Gasteiger partial charge in [-0.2, -0.15) is 0 Å². The molecule has 1 N–H and O–H groups in total.